The fraction of sp³-hybridized carbons (Fsp3) is 0.389. The van der Waals surface area contributed by atoms with Crippen molar-refractivity contribution in [2.24, 2.45) is 5.92 Å². The lowest BCUT2D eigenvalue weighted by molar-refractivity contribution is 0.317. The summed E-state index contributed by atoms with van der Waals surface area (Å²) >= 11 is 0. The zero-order chi connectivity index (χ0) is 16.1. The molecular formula is C18H18N4O2. The highest BCUT2D eigenvalue weighted by Crippen LogP contribution is 2.38. The van der Waals surface area contributed by atoms with Crippen molar-refractivity contribution in [2.45, 2.75) is 25.3 Å². The van der Waals surface area contributed by atoms with Crippen LogP contribution in [0.3, 0.4) is 0 Å². The molecule has 3 heterocycles. The van der Waals surface area contributed by atoms with E-state index in [9.17, 15) is 4.79 Å². The van der Waals surface area contributed by atoms with Gasteiger partial charge in [0.15, 0.2) is 5.58 Å². The quantitative estimate of drug-likeness (QED) is 0.738. The van der Waals surface area contributed by atoms with E-state index in [1.807, 2.05) is 30.3 Å². The summed E-state index contributed by atoms with van der Waals surface area (Å²) in [6.07, 6.45) is 2.39. The van der Waals surface area contributed by atoms with Gasteiger partial charge in [-0.3, -0.25) is 4.79 Å². The molecule has 0 bridgehead atoms. The standard InChI is InChI=1S/C18H18N4O2/c23-17-8-7-14(13-5-6-13)20-22(17)11-12-9-21(10-12)18-19-15-3-1-2-4-16(15)24-18/h1-4,7-8,12-13H,5-6,9-11H2. The molecule has 1 aliphatic heterocycles. The zero-order valence-corrected chi connectivity index (χ0v) is 13.3. The molecule has 24 heavy (non-hydrogen) atoms. The topological polar surface area (TPSA) is 64.2 Å². The summed E-state index contributed by atoms with van der Waals surface area (Å²) in [5.74, 6) is 0.967. The molecule has 1 aliphatic carbocycles. The van der Waals surface area contributed by atoms with Crippen molar-refractivity contribution in [1.82, 2.24) is 14.8 Å². The van der Waals surface area contributed by atoms with Crippen LogP contribution >= 0.6 is 0 Å². The summed E-state index contributed by atoms with van der Waals surface area (Å²) in [5, 5.41) is 4.54. The number of hydrogen-bond donors (Lipinski definition) is 0. The molecule has 1 aromatic carbocycles. The summed E-state index contributed by atoms with van der Waals surface area (Å²) in [6, 6.07) is 12.0. The van der Waals surface area contributed by atoms with Gasteiger partial charge in [-0.1, -0.05) is 12.1 Å². The van der Waals surface area contributed by atoms with E-state index in [0.717, 1.165) is 29.9 Å². The second-order valence-corrected chi connectivity index (χ2v) is 6.79. The summed E-state index contributed by atoms with van der Waals surface area (Å²) in [5.41, 5.74) is 2.74. The van der Waals surface area contributed by atoms with Crippen LogP contribution in [-0.4, -0.2) is 27.9 Å². The van der Waals surface area contributed by atoms with Gasteiger partial charge in [-0.15, -0.1) is 0 Å². The Kier molecular flexibility index (Phi) is 2.98. The Balaban J connectivity index is 1.28. The first-order valence-corrected chi connectivity index (χ1v) is 8.45. The van der Waals surface area contributed by atoms with Gasteiger partial charge >= 0.3 is 0 Å². The lowest BCUT2D eigenvalue weighted by atomic mass is 10.0. The zero-order valence-electron chi connectivity index (χ0n) is 13.3. The molecular weight excluding hydrogens is 304 g/mol. The van der Waals surface area contributed by atoms with Crippen LogP contribution in [0.1, 0.15) is 24.5 Å². The van der Waals surface area contributed by atoms with Crippen LogP contribution in [-0.2, 0) is 6.54 Å². The number of benzene rings is 1. The SMILES string of the molecule is O=c1ccc(C2CC2)nn1CC1CN(c2nc3ccccc3o2)C1. The van der Waals surface area contributed by atoms with E-state index in [2.05, 4.69) is 15.0 Å². The minimum Gasteiger partial charge on any atom is -0.423 e. The molecule has 3 aromatic rings. The predicted octanol–water partition coefficient (Wildman–Crippen LogP) is 2.40. The van der Waals surface area contributed by atoms with Gasteiger partial charge in [-0.05, 0) is 31.0 Å². The van der Waals surface area contributed by atoms with Crippen molar-refractivity contribution in [2.75, 3.05) is 18.0 Å². The maximum absolute atomic E-state index is 12.0. The van der Waals surface area contributed by atoms with Gasteiger partial charge in [-0.25, -0.2) is 4.68 Å². The van der Waals surface area contributed by atoms with Crippen molar-refractivity contribution < 1.29 is 4.42 Å². The summed E-state index contributed by atoms with van der Waals surface area (Å²) in [6.45, 7) is 2.35. The van der Waals surface area contributed by atoms with Gasteiger partial charge in [0.2, 0.25) is 0 Å². The molecule has 0 atom stereocenters. The third kappa shape index (κ3) is 2.38. The molecule has 0 amide bonds. The van der Waals surface area contributed by atoms with E-state index in [0.29, 0.717) is 24.4 Å². The van der Waals surface area contributed by atoms with Crippen molar-refractivity contribution in [1.29, 1.82) is 0 Å². The first-order valence-electron chi connectivity index (χ1n) is 8.45. The van der Waals surface area contributed by atoms with Crippen LogP contribution in [0.25, 0.3) is 11.1 Å². The highest BCUT2D eigenvalue weighted by Gasteiger charge is 2.31. The van der Waals surface area contributed by atoms with Crippen LogP contribution in [0.5, 0.6) is 0 Å². The number of rotatable bonds is 4. The van der Waals surface area contributed by atoms with Gasteiger partial charge in [0, 0.05) is 31.0 Å². The van der Waals surface area contributed by atoms with E-state index >= 15 is 0 Å². The predicted molar refractivity (Wildman–Crippen MR) is 90.2 cm³/mol. The molecule has 1 saturated heterocycles. The molecule has 0 N–H and O–H groups in total. The molecule has 122 valence electrons. The molecule has 0 radical (unpaired) electrons. The molecule has 0 spiro atoms. The number of nitrogens with zero attached hydrogens (tertiary/aromatic N) is 4. The third-order valence-corrected chi connectivity index (χ3v) is 4.82. The van der Waals surface area contributed by atoms with Gasteiger partial charge < -0.3 is 9.32 Å². The van der Waals surface area contributed by atoms with Crippen LogP contribution < -0.4 is 10.5 Å². The van der Waals surface area contributed by atoms with Crippen molar-refractivity contribution in [3.63, 3.8) is 0 Å². The minimum absolute atomic E-state index is 0.0142. The Bertz CT molecular complexity index is 918. The van der Waals surface area contributed by atoms with Crippen LogP contribution in [0.2, 0.25) is 0 Å². The number of hydrogen-bond acceptors (Lipinski definition) is 5. The van der Waals surface area contributed by atoms with E-state index in [-0.39, 0.29) is 5.56 Å². The normalized spacial score (nSPS) is 18.1. The molecule has 6 heteroatoms. The Morgan fingerprint density at radius 2 is 1.96 bits per heavy atom. The number of para-hydroxylation sites is 2. The van der Waals surface area contributed by atoms with Gasteiger partial charge in [-0.2, -0.15) is 10.1 Å². The molecule has 2 aliphatic rings. The second-order valence-electron chi connectivity index (χ2n) is 6.79. The minimum atomic E-state index is -0.0142. The lowest BCUT2D eigenvalue weighted by Crippen LogP contribution is -2.49. The van der Waals surface area contributed by atoms with Gasteiger partial charge in [0.1, 0.15) is 5.52 Å². The fourth-order valence-electron chi connectivity index (χ4n) is 3.27. The molecule has 0 unspecified atom stereocenters. The smallest absolute Gasteiger partial charge is 0.298 e. The average molecular weight is 322 g/mol. The largest absolute Gasteiger partial charge is 0.423 e. The van der Waals surface area contributed by atoms with E-state index in [1.54, 1.807) is 10.7 Å². The molecule has 6 nitrogen and oxygen atoms in total. The Labute approximate surface area is 138 Å². The van der Waals surface area contributed by atoms with Crippen molar-refractivity contribution in [3.05, 3.63) is 52.4 Å². The Morgan fingerprint density at radius 1 is 1.12 bits per heavy atom. The first-order chi connectivity index (χ1) is 11.8. The van der Waals surface area contributed by atoms with Crippen molar-refractivity contribution in [3.8, 4) is 0 Å². The molecule has 2 fully saturated rings. The Hall–Kier alpha value is -2.63. The summed E-state index contributed by atoms with van der Waals surface area (Å²) in [7, 11) is 0. The first kappa shape index (κ1) is 13.8. The number of oxazole rings is 1. The number of fused-ring (bicyclic) bond motifs is 1. The van der Waals surface area contributed by atoms with E-state index in [4.69, 9.17) is 4.42 Å². The highest BCUT2D eigenvalue weighted by atomic mass is 16.4. The Morgan fingerprint density at radius 3 is 2.75 bits per heavy atom. The molecule has 2 aromatic heterocycles. The average Bonchev–Trinajstić information content (AvgIpc) is 3.31. The van der Waals surface area contributed by atoms with Gasteiger partial charge in [0.25, 0.3) is 11.6 Å². The third-order valence-electron chi connectivity index (χ3n) is 4.82. The highest BCUT2D eigenvalue weighted by molar-refractivity contribution is 5.74. The summed E-state index contributed by atoms with van der Waals surface area (Å²) in [4.78, 5) is 18.6. The maximum atomic E-state index is 12.0. The van der Waals surface area contributed by atoms with Crippen molar-refractivity contribution >= 4 is 17.1 Å². The maximum Gasteiger partial charge on any atom is 0.298 e. The molecule has 1 saturated carbocycles. The van der Waals surface area contributed by atoms with Gasteiger partial charge in [0.05, 0.1) is 12.2 Å². The van der Waals surface area contributed by atoms with Crippen LogP contribution in [0.4, 0.5) is 6.01 Å². The second kappa shape index (κ2) is 5.19. The fourth-order valence-corrected chi connectivity index (χ4v) is 3.27. The lowest BCUT2D eigenvalue weighted by Gasteiger charge is -2.37. The monoisotopic (exact) mass is 322 g/mol. The van der Waals surface area contributed by atoms with E-state index < -0.39 is 0 Å². The number of anilines is 1. The molecule has 5 rings (SSSR count). The van der Waals surface area contributed by atoms with E-state index in [1.165, 1.54) is 12.8 Å². The van der Waals surface area contributed by atoms with Crippen LogP contribution in [0, 0.1) is 5.92 Å². The summed E-state index contributed by atoms with van der Waals surface area (Å²) < 4.78 is 7.41. The number of aromatic nitrogens is 3. The van der Waals surface area contributed by atoms with Crippen LogP contribution in [0.15, 0.2) is 45.6 Å².